The van der Waals surface area contributed by atoms with Crippen LogP contribution in [0.2, 0.25) is 0 Å². The first-order valence-corrected chi connectivity index (χ1v) is 7.33. The first-order chi connectivity index (χ1) is 10.0. The summed E-state index contributed by atoms with van der Waals surface area (Å²) in [7, 11) is 1.72. The lowest BCUT2D eigenvalue weighted by molar-refractivity contribution is -0.384. The molecule has 0 aromatic heterocycles. The summed E-state index contributed by atoms with van der Waals surface area (Å²) in [6.07, 6.45) is 4.00. The van der Waals surface area contributed by atoms with E-state index >= 15 is 0 Å². The van der Waals surface area contributed by atoms with Crippen LogP contribution in [0.5, 0.6) is 0 Å². The van der Waals surface area contributed by atoms with Crippen molar-refractivity contribution >= 4 is 17.3 Å². The highest BCUT2D eigenvalue weighted by atomic mass is 16.6. The van der Waals surface area contributed by atoms with E-state index < -0.39 is 4.92 Å². The molecule has 0 spiro atoms. The molecule has 0 saturated heterocycles. The number of nitro benzene ring substituents is 1. The van der Waals surface area contributed by atoms with Gasteiger partial charge in [0, 0.05) is 31.3 Å². The van der Waals surface area contributed by atoms with E-state index in [-0.39, 0.29) is 11.6 Å². The van der Waals surface area contributed by atoms with Gasteiger partial charge in [0.1, 0.15) is 5.69 Å². The molecule has 0 radical (unpaired) electrons. The van der Waals surface area contributed by atoms with Gasteiger partial charge in [-0.3, -0.25) is 14.9 Å². The Morgan fingerprint density at radius 1 is 1.48 bits per heavy atom. The number of benzene rings is 1. The molecule has 1 aromatic rings. The van der Waals surface area contributed by atoms with Gasteiger partial charge in [-0.05, 0) is 31.4 Å². The maximum atomic E-state index is 12.3. The summed E-state index contributed by atoms with van der Waals surface area (Å²) >= 11 is 0. The molecule has 1 aliphatic rings. The van der Waals surface area contributed by atoms with E-state index in [0.717, 1.165) is 25.7 Å². The Balaban J connectivity index is 2.18. The molecule has 1 aromatic carbocycles. The molecule has 1 saturated carbocycles. The molecule has 1 amide bonds. The van der Waals surface area contributed by atoms with E-state index in [1.54, 1.807) is 24.1 Å². The molecule has 0 aliphatic heterocycles. The number of amides is 1. The predicted octanol–water partition coefficient (Wildman–Crippen LogP) is 3.04. The maximum absolute atomic E-state index is 12.3. The number of rotatable bonds is 7. The fourth-order valence-electron chi connectivity index (χ4n) is 2.10. The van der Waals surface area contributed by atoms with E-state index in [1.165, 1.54) is 6.07 Å². The van der Waals surface area contributed by atoms with Crippen LogP contribution in [0.1, 0.15) is 43.0 Å². The van der Waals surface area contributed by atoms with Gasteiger partial charge in [0.25, 0.3) is 11.6 Å². The van der Waals surface area contributed by atoms with Gasteiger partial charge in [0.15, 0.2) is 0 Å². The second-order valence-corrected chi connectivity index (χ2v) is 5.49. The third-order valence-corrected chi connectivity index (χ3v) is 3.57. The second-order valence-electron chi connectivity index (χ2n) is 5.49. The van der Waals surface area contributed by atoms with E-state index in [4.69, 9.17) is 0 Å². The molecular weight excluding hydrogens is 270 g/mol. The van der Waals surface area contributed by atoms with Gasteiger partial charge >= 0.3 is 0 Å². The summed E-state index contributed by atoms with van der Waals surface area (Å²) < 4.78 is 0. The Morgan fingerprint density at radius 2 is 2.19 bits per heavy atom. The van der Waals surface area contributed by atoms with Crippen LogP contribution in [0, 0.1) is 10.1 Å². The van der Waals surface area contributed by atoms with Crippen LogP contribution in [-0.2, 0) is 0 Å². The van der Waals surface area contributed by atoms with Crippen LogP contribution < -0.4 is 5.32 Å². The van der Waals surface area contributed by atoms with Gasteiger partial charge in [-0.25, -0.2) is 0 Å². The van der Waals surface area contributed by atoms with Gasteiger partial charge in [0.2, 0.25) is 0 Å². The molecule has 1 fully saturated rings. The average Bonchev–Trinajstić information content (AvgIpc) is 3.28. The molecule has 1 N–H and O–H groups in total. The van der Waals surface area contributed by atoms with Gasteiger partial charge in [-0.2, -0.15) is 0 Å². The fourth-order valence-corrected chi connectivity index (χ4v) is 2.10. The molecule has 21 heavy (non-hydrogen) atoms. The van der Waals surface area contributed by atoms with Crippen molar-refractivity contribution in [2.24, 2.45) is 0 Å². The Hall–Kier alpha value is -2.11. The molecule has 0 unspecified atom stereocenters. The molecule has 114 valence electrons. The summed E-state index contributed by atoms with van der Waals surface area (Å²) in [5.41, 5.74) is 0.827. The minimum Gasteiger partial charge on any atom is -0.377 e. The largest absolute Gasteiger partial charge is 0.377 e. The topological polar surface area (TPSA) is 75.5 Å². The molecule has 0 heterocycles. The van der Waals surface area contributed by atoms with Crippen molar-refractivity contribution in [1.29, 1.82) is 0 Å². The first-order valence-electron chi connectivity index (χ1n) is 7.33. The lowest BCUT2D eigenvalue weighted by Crippen LogP contribution is -2.27. The molecular formula is C15H21N3O3. The molecule has 0 bridgehead atoms. The third kappa shape index (κ3) is 3.93. The maximum Gasteiger partial charge on any atom is 0.293 e. The van der Waals surface area contributed by atoms with Gasteiger partial charge in [-0.15, -0.1) is 0 Å². The molecule has 6 heteroatoms. The van der Waals surface area contributed by atoms with E-state index in [1.807, 2.05) is 0 Å². The van der Waals surface area contributed by atoms with E-state index in [9.17, 15) is 14.9 Å². The van der Waals surface area contributed by atoms with Crippen molar-refractivity contribution in [1.82, 2.24) is 4.90 Å². The number of hydrogen-bond donors (Lipinski definition) is 1. The van der Waals surface area contributed by atoms with Crippen molar-refractivity contribution < 1.29 is 9.72 Å². The lowest BCUT2D eigenvalue weighted by atomic mass is 10.1. The highest BCUT2D eigenvalue weighted by Crippen LogP contribution is 2.31. The van der Waals surface area contributed by atoms with Crippen LogP contribution in [0.25, 0.3) is 0 Å². The van der Waals surface area contributed by atoms with E-state index in [2.05, 4.69) is 12.2 Å². The van der Waals surface area contributed by atoms with Crippen molar-refractivity contribution in [3.63, 3.8) is 0 Å². The zero-order valence-corrected chi connectivity index (χ0v) is 12.5. The van der Waals surface area contributed by atoms with Crippen LogP contribution in [0.4, 0.5) is 11.4 Å². The van der Waals surface area contributed by atoms with E-state index in [0.29, 0.717) is 23.8 Å². The highest BCUT2D eigenvalue weighted by molar-refractivity contribution is 5.95. The number of anilines is 1. The molecule has 0 atom stereocenters. The second kappa shape index (κ2) is 6.56. The van der Waals surface area contributed by atoms with Crippen LogP contribution in [0.3, 0.4) is 0 Å². The van der Waals surface area contributed by atoms with Crippen LogP contribution in [-0.4, -0.2) is 35.4 Å². The molecule has 6 nitrogen and oxygen atoms in total. The monoisotopic (exact) mass is 291 g/mol. The van der Waals surface area contributed by atoms with Gasteiger partial charge in [0.05, 0.1) is 4.92 Å². The summed E-state index contributed by atoms with van der Waals surface area (Å²) in [4.78, 5) is 24.6. The SMILES string of the molecule is CCCCN(C)C(=O)c1ccc(NC2CC2)c([N+](=O)[O-])c1. The number of nitrogens with zero attached hydrogens (tertiary/aromatic N) is 2. The smallest absolute Gasteiger partial charge is 0.293 e. The van der Waals surface area contributed by atoms with Crippen LogP contribution >= 0.6 is 0 Å². The highest BCUT2D eigenvalue weighted by Gasteiger charge is 2.26. The lowest BCUT2D eigenvalue weighted by Gasteiger charge is -2.17. The Kier molecular flexibility index (Phi) is 4.77. The fraction of sp³-hybridized carbons (Fsp3) is 0.533. The molecule has 2 rings (SSSR count). The summed E-state index contributed by atoms with van der Waals surface area (Å²) in [5, 5.41) is 14.3. The van der Waals surface area contributed by atoms with Gasteiger partial charge < -0.3 is 10.2 Å². The quantitative estimate of drug-likeness (QED) is 0.619. The third-order valence-electron chi connectivity index (χ3n) is 3.57. The number of nitro groups is 1. The number of carbonyl (C=O) groups excluding carboxylic acids is 1. The normalized spacial score (nSPS) is 13.8. The average molecular weight is 291 g/mol. The number of carbonyl (C=O) groups is 1. The van der Waals surface area contributed by atoms with Gasteiger partial charge in [-0.1, -0.05) is 13.3 Å². The van der Waals surface area contributed by atoms with Crippen molar-refractivity contribution in [3.05, 3.63) is 33.9 Å². The predicted molar refractivity (Wildman–Crippen MR) is 81.6 cm³/mol. The zero-order valence-electron chi connectivity index (χ0n) is 12.5. The number of hydrogen-bond acceptors (Lipinski definition) is 4. The summed E-state index contributed by atoms with van der Waals surface area (Å²) in [5.74, 6) is -0.176. The Morgan fingerprint density at radius 3 is 2.76 bits per heavy atom. The van der Waals surface area contributed by atoms with Crippen molar-refractivity contribution in [2.45, 2.75) is 38.6 Å². The summed E-state index contributed by atoms with van der Waals surface area (Å²) in [6, 6.07) is 4.99. The minimum atomic E-state index is -0.437. The number of unbranched alkanes of at least 4 members (excludes halogenated alkanes) is 1. The summed E-state index contributed by atoms with van der Waals surface area (Å²) in [6.45, 7) is 2.71. The van der Waals surface area contributed by atoms with Crippen LogP contribution in [0.15, 0.2) is 18.2 Å². The van der Waals surface area contributed by atoms with Crippen molar-refractivity contribution in [3.8, 4) is 0 Å². The standard InChI is InChI=1S/C15H21N3O3/c1-3-4-9-17(2)15(19)11-5-8-13(16-12-6-7-12)14(10-11)18(20)21/h5,8,10,12,16H,3-4,6-7,9H2,1-2H3. The Bertz CT molecular complexity index is 541. The number of nitrogens with one attached hydrogen (secondary N) is 1. The van der Waals surface area contributed by atoms with Crippen molar-refractivity contribution in [2.75, 3.05) is 18.9 Å². The minimum absolute atomic E-state index is 0.0309. The Labute approximate surface area is 124 Å². The first kappa shape index (κ1) is 15.3. The zero-order chi connectivity index (χ0) is 15.4. The molecule has 1 aliphatic carbocycles.